The second kappa shape index (κ2) is 7.64. The normalized spacial score (nSPS) is 21.4. The van der Waals surface area contributed by atoms with Gasteiger partial charge in [-0.3, -0.25) is 9.59 Å². The molecule has 25 heavy (non-hydrogen) atoms. The monoisotopic (exact) mass is 366 g/mol. The lowest BCUT2D eigenvalue weighted by atomic mass is 10.2. The highest BCUT2D eigenvalue weighted by atomic mass is 32.2. The van der Waals surface area contributed by atoms with E-state index in [2.05, 4.69) is 10.6 Å². The topological polar surface area (TPSA) is 103 Å². The van der Waals surface area contributed by atoms with Crippen molar-refractivity contribution in [1.82, 2.24) is 5.32 Å². The van der Waals surface area contributed by atoms with E-state index in [1.165, 1.54) is 11.8 Å². The van der Waals surface area contributed by atoms with Crippen LogP contribution in [0.15, 0.2) is 18.2 Å². The highest BCUT2D eigenvalue weighted by Crippen LogP contribution is 2.34. The number of nitrogens with one attached hydrogen (secondary N) is 2. The standard InChI is InChI=1S/C16H18N2O6S/c1-2-22-16(21)10-7-25-13(15(20)18-10)6-14(19)17-9-3-4-11-12(5-9)24-8-23-11/h3-5,10,13H,2,6-8H2,1H3,(H,17,19)(H,18,20). The van der Waals surface area contributed by atoms with E-state index in [-0.39, 0.29) is 31.6 Å². The third-order valence-corrected chi connectivity index (χ3v) is 4.98. The average molecular weight is 366 g/mol. The SMILES string of the molecule is CCOC(=O)C1CSC(CC(=O)Nc2ccc3c(c2)OCO3)C(=O)N1. The Morgan fingerprint density at radius 3 is 2.92 bits per heavy atom. The third kappa shape index (κ3) is 4.16. The van der Waals surface area contributed by atoms with Gasteiger partial charge in [0.15, 0.2) is 11.5 Å². The van der Waals surface area contributed by atoms with Crippen molar-refractivity contribution in [3.8, 4) is 11.5 Å². The first-order chi connectivity index (χ1) is 12.1. The lowest BCUT2D eigenvalue weighted by Crippen LogP contribution is -2.51. The van der Waals surface area contributed by atoms with E-state index in [4.69, 9.17) is 14.2 Å². The highest BCUT2D eigenvalue weighted by Gasteiger charge is 2.34. The Morgan fingerprint density at radius 1 is 1.36 bits per heavy atom. The molecule has 0 bridgehead atoms. The van der Waals surface area contributed by atoms with Gasteiger partial charge in [0.25, 0.3) is 0 Å². The summed E-state index contributed by atoms with van der Waals surface area (Å²) in [6.07, 6.45) is 0.0144. The van der Waals surface area contributed by atoms with Gasteiger partial charge in [0.1, 0.15) is 6.04 Å². The Hall–Kier alpha value is -2.42. The fraction of sp³-hybridized carbons (Fsp3) is 0.438. The molecular formula is C16H18N2O6S. The van der Waals surface area contributed by atoms with Crippen LogP contribution in [0.25, 0.3) is 0 Å². The first-order valence-electron chi connectivity index (χ1n) is 7.85. The molecule has 2 N–H and O–H groups in total. The zero-order valence-electron chi connectivity index (χ0n) is 13.6. The van der Waals surface area contributed by atoms with E-state index in [1.54, 1.807) is 25.1 Å². The molecule has 2 aliphatic rings. The number of hydrogen-bond acceptors (Lipinski definition) is 7. The summed E-state index contributed by atoms with van der Waals surface area (Å²) >= 11 is 1.27. The van der Waals surface area contributed by atoms with Crippen molar-refractivity contribution in [3.05, 3.63) is 18.2 Å². The number of ether oxygens (including phenoxy) is 3. The van der Waals surface area contributed by atoms with Crippen LogP contribution < -0.4 is 20.1 Å². The van der Waals surface area contributed by atoms with Gasteiger partial charge in [-0.25, -0.2) is 4.79 Å². The minimum Gasteiger partial charge on any atom is -0.464 e. The average Bonchev–Trinajstić information content (AvgIpc) is 3.04. The van der Waals surface area contributed by atoms with Gasteiger partial charge in [-0.15, -0.1) is 11.8 Å². The van der Waals surface area contributed by atoms with Gasteiger partial charge in [0, 0.05) is 23.9 Å². The van der Waals surface area contributed by atoms with Crippen LogP contribution in [0, 0.1) is 0 Å². The molecule has 1 saturated heterocycles. The molecule has 0 aromatic heterocycles. The number of fused-ring (bicyclic) bond motifs is 1. The summed E-state index contributed by atoms with van der Waals surface area (Å²) in [5.41, 5.74) is 0.569. The minimum absolute atomic E-state index is 0.0144. The van der Waals surface area contributed by atoms with Crippen molar-refractivity contribution in [2.75, 3.05) is 24.5 Å². The molecule has 0 aliphatic carbocycles. The van der Waals surface area contributed by atoms with Gasteiger partial charge >= 0.3 is 5.97 Å². The number of benzene rings is 1. The quantitative estimate of drug-likeness (QED) is 0.747. The second-order valence-corrected chi connectivity index (χ2v) is 6.69. The summed E-state index contributed by atoms with van der Waals surface area (Å²) in [6, 6.07) is 4.43. The Kier molecular flexibility index (Phi) is 5.32. The van der Waals surface area contributed by atoms with E-state index in [1.807, 2.05) is 0 Å². The molecule has 134 valence electrons. The highest BCUT2D eigenvalue weighted by molar-refractivity contribution is 8.00. The maximum absolute atomic E-state index is 12.2. The van der Waals surface area contributed by atoms with Crippen molar-refractivity contribution in [3.63, 3.8) is 0 Å². The molecule has 2 heterocycles. The summed E-state index contributed by atoms with van der Waals surface area (Å²) in [5.74, 6) is 0.500. The van der Waals surface area contributed by atoms with Crippen molar-refractivity contribution in [2.24, 2.45) is 0 Å². The third-order valence-electron chi connectivity index (χ3n) is 3.67. The summed E-state index contributed by atoms with van der Waals surface area (Å²) in [5, 5.41) is 4.80. The summed E-state index contributed by atoms with van der Waals surface area (Å²) in [7, 11) is 0. The zero-order chi connectivity index (χ0) is 17.8. The molecule has 3 rings (SSSR count). The van der Waals surface area contributed by atoms with Crippen LogP contribution in [0.3, 0.4) is 0 Å². The van der Waals surface area contributed by atoms with E-state index in [0.717, 1.165) is 0 Å². The van der Waals surface area contributed by atoms with Gasteiger partial charge in [-0.2, -0.15) is 0 Å². The number of hydrogen-bond donors (Lipinski definition) is 2. The van der Waals surface area contributed by atoms with Crippen molar-refractivity contribution >= 4 is 35.2 Å². The number of esters is 1. The molecule has 9 heteroatoms. The molecule has 8 nitrogen and oxygen atoms in total. The predicted octanol–water partition coefficient (Wildman–Crippen LogP) is 0.907. The van der Waals surface area contributed by atoms with Crippen LogP contribution >= 0.6 is 11.8 Å². The number of amides is 2. The molecule has 1 aromatic carbocycles. The second-order valence-electron chi connectivity index (χ2n) is 5.46. The van der Waals surface area contributed by atoms with Crippen LogP contribution in [0.5, 0.6) is 11.5 Å². The maximum atomic E-state index is 12.2. The van der Waals surface area contributed by atoms with Crippen LogP contribution in [0.1, 0.15) is 13.3 Å². The Labute approximate surface area is 148 Å². The van der Waals surface area contributed by atoms with Gasteiger partial charge in [-0.05, 0) is 19.1 Å². The van der Waals surface area contributed by atoms with Gasteiger partial charge in [0.2, 0.25) is 18.6 Å². The molecular weight excluding hydrogens is 348 g/mol. The lowest BCUT2D eigenvalue weighted by Gasteiger charge is -2.27. The molecule has 1 aromatic rings. The van der Waals surface area contributed by atoms with Crippen LogP contribution in [0.2, 0.25) is 0 Å². The first-order valence-corrected chi connectivity index (χ1v) is 8.90. The molecule has 0 saturated carbocycles. The van der Waals surface area contributed by atoms with Crippen LogP contribution in [-0.4, -0.2) is 48.2 Å². The van der Waals surface area contributed by atoms with Crippen LogP contribution in [0.4, 0.5) is 5.69 Å². The molecule has 1 fully saturated rings. The molecule has 2 atom stereocenters. The first kappa shape index (κ1) is 17.4. The number of carbonyl (C=O) groups excluding carboxylic acids is 3. The number of anilines is 1. The molecule has 2 amide bonds. The number of thioether (sulfide) groups is 1. The fourth-order valence-electron chi connectivity index (χ4n) is 2.47. The van der Waals surface area contributed by atoms with Crippen molar-refractivity contribution < 1.29 is 28.6 Å². The van der Waals surface area contributed by atoms with Crippen molar-refractivity contribution in [2.45, 2.75) is 24.6 Å². The predicted molar refractivity (Wildman–Crippen MR) is 90.6 cm³/mol. The molecule has 0 spiro atoms. The van der Waals surface area contributed by atoms with Gasteiger partial charge in [0.05, 0.1) is 11.9 Å². The lowest BCUT2D eigenvalue weighted by molar-refractivity contribution is -0.146. The smallest absolute Gasteiger partial charge is 0.329 e. The Bertz CT molecular complexity index is 695. The summed E-state index contributed by atoms with van der Waals surface area (Å²) < 4.78 is 15.4. The van der Waals surface area contributed by atoms with E-state index in [9.17, 15) is 14.4 Å². The van der Waals surface area contributed by atoms with Gasteiger partial charge < -0.3 is 24.8 Å². The summed E-state index contributed by atoms with van der Waals surface area (Å²) in [6.45, 7) is 2.13. The van der Waals surface area contributed by atoms with E-state index >= 15 is 0 Å². The molecule has 2 aliphatic heterocycles. The van der Waals surface area contributed by atoms with Crippen molar-refractivity contribution in [1.29, 1.82) is 0 Å². The Morgan fingerprint density at radius 2 is 2.16 bits per heavy atom. The molecule has 2 unspecified atom stereocenters. The maximum Gasteiger partial charge on any atom is 0.329 e. The Balaban J connectivity index is 1.52. The summed E-state index contributed by atoms with van der Waals surface area (Å²) in [4.78, 5) is 35.9. The number of carbonyl (C=O) groups is 3. The van der Waals surface area contributed by atoms with Crippen LogP contribution in [-0.2, 0) is 19.1 Å². The zero-order valence-corrected chi connectivity index (χ0v) is 14.4. The fourth-order valence-corrected chi connectivity index (χ4v) is 3.60. The van der Waals surface area contributed by atoms with E-state index in [0.29, 0.717) is 22.9 Å². The minimum atomic E-state index is -0.661. The van der Waals surface area contributed by atoms with Gasteiger partial charge in [-0.1, -0.05) is 0 Å². The number of rotatable bonds is 5. The largest absolute Gasteiger partial charge is 0.464 e. The van der Waals surface area contributed by atoms with E-state index < -0.39 is 17.3 Å². The molecule has 0 radical (unpaired) electrons.